The fourth-order valence-corrected chi connectivity index (χ4v) is 5.30. The van der Waals surface area contributed by atoms with Gasteiger partial charge in [0.1, 0.15) is 11.8 Å². The number of aromatic hydroxyl groups is 1. The fraction of sp³-hybridized carbons (Fsp3) is 0.500. The zero-order valence-electron chi connectivity index (χ0n) is 23.1. The summed E-state index contributed by atoms with van der Waals surface area (Å²) in [5, 5.41) is 35.7. The third-order valence-electron chi connectivity index (χ3n) is 6.89. The Labute approximate surface area is 235 Å². The molecule has 2 aromatic carbocycles. The molecule has 0 saturated carbocycles. The molecular weight excluding hydrogens is 536 g/mol. The number of carbonyl (C=O) groups excluding carboxylic acids is 1. The number of hydrogen-bond acceptors (Lipinski definition) is 8. The molecule has 0 unspecified atom stereocenters. The van der Waals surface area contributed by atoms with Gasteiger partial charge in [-0.1, -0.05) is 19.9 Å². The molecule has 1 fully saturated rings. The van der Waals surface area contributed by atoms with Crippen LogP contribution >= 0.6 is 0 Å². The van der Waals surface area contributed by atoms with E-state index in [9.17, 15) is 33.3 Å². The van der Waals surface area contributed by atoms with Crippen molar-refractivity contribution in [1.82, 2.24) is 10.6 Å². The molecule has 40 heavy (non-hydrogen) atoms. The Morgan fingerprint density at radius 1 is 1.07 bits per heavy atom. The maximum atomic E-state index is 12.5. The molecule has 0 aliphatic carbocycles. The quantitative estimate of drug-likeness (QED) is 0.196. The number of benzene rings is 2. The van der Waals surface area contributed by atoms with E-state index in [2.05, 4.69) is 20.3 Å². The monoisotopic (exact) mass is 576 g/mol. The highest BCUT2D eigenvalue weighted by molar-refractivity contribution is 7.92. The third-order valence-corrected chi connectivity index (χ3v) is 7.48. The molecule has 6 N–H and O–H groups in total. The summed E-state index contributed by atoms with van der Waals surface area (Å²) in [6, 6.07) is 10.6. The minimum absolute atomic E-state index is 0.0238. The van der Waals surface area contributed by atoms with E-state index in [4.69, 9.17) is 0 Å². The first-order valence-corrected chi connectivity index (χ1v) is 15.3. The van der Waals surface area contributed by atoms with E-state index < -0.39 is 34.0 Å². The largest absolute Gasteiger partial charge is 0.506 e. The molecule has 220 valence electrons. The number of carbonyl (C=O) groups is 2. The molecule has 3 rings (SSSR count). The summed E-state index contributed by atoms with van der Waals surface area (Å²) in [5.74, 6) is -1.09. The van der Waals surface area contributed by atoms with Crippen molar-refractivity contribution in [2.24, 2.45) is 11.8 Å². The van der Waals surface area contributed by atoms with Crippen molar-refractivity contribution in [3.8, 4) is 5.75 Å². The summed E-state index contributed by atoms with van der Waals surface area (Å²) in [4.78, 5) is 26.2. The molecule has 1 heterocycles. The van der Waals surface area contributed by atoms with Crippen molar-refractivity contribution in [2.75, 3.05) is 42.1 Å². The Kier molecular flexibility index (Phi) is 10.8. The van der Waals surface area contributed by atoms with E-state index in [-0.39, 0.29) is 23.9 Å². The molecular formula is C28H40N4O7S. The van der Waals surface area contributed by atoms with Crippen LogP contribution in [0.4, 0.5) is 11.4 Å². The lowest BCUT2D eigenvalue weighted by Gasteiger charge is -2.34. The van der Waals surface area contributed by atoms with E-state index in [1.165, 1.54) is 12.1 Å². The van der Waals surface area contributed by atoms with Crippen LogP contribution < -0.4 is 20.3 Å². The second-order valence-corrected chi connectivity index (χ2v) is 12.5. The first kappa shape index (κ1) is 31.2. The molecule has 1 amide bonds. The number of carboxylic acid groups (broad SMARTS) is 1. The lowest BCUT2D eigenvalue weighted by atomic mass is 9.96. The molecule has 2 aromatic rings. The number of carboxylic acids is 1. The summed E-state index contributed by atoms with van der Waals surface area (Å²) in [5.41, 5.74) is 1.93. The Hall–Kier alpha value is -3.35. The average Bonchev–Trinajstić information content (AvgIpc) is 2.89. The van der Waals surface area contributed by atoms with E-state index in [1.54, 1.807) is 18.2 Å². The van der Waals surface area contributed by atoms with Crippen molar-refractivity contribution in [2.45, 2.75) is 45.3 Å². The minimum Gasteiger partial charge on any atom is -0.506 e. The zero-order chi connectivity index (χ0) is 29.4. The summed E-state index contributed by atoms with van der Waals surface area (Å²) in [6.45, 7) is 6.51. The fourth-order valence-electron chi connectivity index (χ4n) is 4.74. The summed E-state index contributed by atoms with van der Waals surface area (Å²) >= 11 is 0. The Balaban J connectivity index is 1.44. The smallest absolute Gasteiger partial charge is 0.326 e. The van der Waals surface area contributed by atoms with E-state index >= 15 is 0 Å². The van der Waals surface area contributed by atoms with Crippen molar-refractivity contribution in [3.63, 3.8) is 0 Å². The normalized spacial score (nSPS) is 16.0. The van der Waals surface area contributed by atoms with Crippen LogP contribution in [0.15, 0.2) is 42.5 Å². The Morgan fingerprint density at radius 2 is 1.73 bits per heavy atom. The van der Waals surface area contributed by atoms with Crippen molar-refractivity contribution in [3.05, 3.63) is 53.6 Å². The van der Waals surface area contributed by atoms with Crippen LogP contribution in [0, 0.1) is 11.8 Å². The number of nitrogens with zero attached hydrogens (tertiary/aromatic N) is 1. The highest BCUT2D eigenvalue weighted by Gasteiger charge is 2.23. The van der Waals surface area contributed by atoms with E-state index in [1.807, 2.05) is 26.0 Å². The van der Waals surface area contributed by atoms with Crippen molar-refractivity contribution < 1.29 is 33.3 Å². The number of piperidine rings is 1. The molecule has 0 spiro atoms. The topological polar surface area (TPSA) is 168 Å². The number of hydrogen-bond donors (Lipinski definition) is 6. The van der Waals surface area contributed by atoms with Crippen LogP contribution in [-0.2, 0) is 14.8 Å². The number of sulfonamides is 1. The summed E-state index contributed by atoms with van der Waals surface area (Å²) in [6.07, 6.45) is 2.38. The van der Waals surface area contributed by atoms with Gasteiger partial charge in [0.25, 0.3) is 5.91 Å². The molecule has 1 saturated heterocycles. The van der Waals surface area contributed by atoms with Gasteiger partial charge >= 0.3 is 5.97 Å². The third kappa shape index (κ3) is 9.39. The van der Waals surface area contributed by atoms with Gasteiger partial charge in [-0.15, -0.1) is 0 Å². The van der Waals surface area contributed by atoms with Crippen LogP contribution in [0.2, 0.25) is 0 Å². The SMILES string of the molecule is CC(C)C[C@H](NC(=O)c1ccc(N2CCC(CNC[C@@H](O)c3ccc(O)c(NS(C)(=O)=O)c3)CC2)cc1)C(=O)O. The zero-order valence-corrected chi connectivity index (χ0v) is 23.9. The van der Waals surface area contributed by atoms with E-state index in [0.29, 0.717) is 23.5 Å². The highest BCUT2D eigenvalue weighted by Crippen LogP contribution is 2.28. The molecule has 0 radical (unpaired) electrons. The standard InChI is InChI=1S/C28H40N4O7S/c1-18(2)14-24(28(36)37)30-27(35)20-4-7-22(8-5-20)32-12-10-19(11-13-32)16-29-17-26(34)21-6-9-25(33)23(15-21)31-40(3,38)39/h4-9,15,18-19,24,26,29,31,33-34H,10-14,16-17H2,1-3H3,(H,30,35)(H,36,37)/t24-,26+/m0/s1. The predicted octanol–water partition coefficient (Wildman–Crippen LogP) is 2.53. The molecule has 1 aliphatic heterocycles. The number of aliphatic hydroxyl groups is 1. The second kappa shape index (κ2) is 13.8. The second-order valence-electron chi connectivity index (χ2n) is 10.8. The van der Waals surface area contributed by atoms with Gasteiger partial charge in [-0.2, -0.15) is 0 Å². The summed E-state index contributed by atoms with van der Waals surface area (Å²) in [7, 11) is -3.56. The lowest BCUT2D eigenvalue weighted by Crippen LogP contribution is -2.41. The maximum Gasteiger partial charge on any atom is 0.326 e. The van der Waals surface area contributed by atoms with Crippen LogP contribution in [0.5, 0.6) is 5.75 Å². The molecule has 0 aromatic heterocycles. The number of amides is 1. The first-order chi connectivity index (χ1) is 18.8. The molecule has 12 heteroatoms. The van der Waals surface area contributed by atoms with Crippen molar-refractivity contribution in [1.29, 1.82) is 0 Å². The van der Waals surface area contributed by atoms with Gasteiger partial charge in [-0.25, -0.2) is 13.2 Å². The molecule has 2 atom stereocenters. The maximum absolute atomic E-state index is 12.5. The number of rotatable bonds is 13. The highest BCUT2D eigenvalue weighted by atomic mass is 32.2. The lowest BCUT2D eigenvalue weighted by molar-refractivity contribution is -0.139. The van der Waals surface area contributed by atoms with Gasteiger partial charge < -0.3 is 30.9 Å². The van der Waals surface area contributed by atoms with Crippen molar-refractivity contribution >= 4 is 33.3 Å². The van der Waals surface area contributed by atoms with Crippen LogP contribution in [0.25, 0.3) is 0 Å². The van der Waals surface area contributed by atoms with Gasteiger partial charge in [0.05, 0.1) is 18.0 Å². The van der Waals surface area contributed by atoms with Gasteiger partial charge in [0.2, 0.25) is 10.0 Å². The van der Waals surface area contributed by atoms with E-state index in [0.717, 1.165) is 44.4 Å². The molecule has 0 bridgehead atoms. The molecule has 1 aliphatic rings. The van der Waals surface area contributed by atoms with Gasteiger partial charge in [0, 0.05) is 30.9 Å². The Bertz CT molecular complexity index is 1260. The molecule has 11 nitrogen and oxygen atoms in total. The number of nitrogens with one attached hydrogen (secondary N) is 3. The average molecular weight is 577 g/mol. The number of phenols is 1. The first-order valence-electron chi connectivity index (χ1n) is 13.4. The van der Waals surface area contributed by atoms with Crippen LogP contribution in [0.3, 0.4) is 0 Å². The number of aliphatic hydroxyl groups excluding tert-OH is 1. The summed E-state index contributed by atoms with van der Waals surface area (Å²) < 4.78 is 25.2. The number of aliphatic carboxylic acids is 1. The van der Waals surface area contributed by atoms with Gasteiger partial charge in [-0.05, 0) is 79.6 Å². The number of phenolic OH excluding ortho intramolecular Hbond substituents is 1. The van der Waals surface area contributed by atoms with Gasteiger partial charge in [0.15, 0.2) is 0 Å². The minimum atomic E-state index is -3.56. The van der Waals surface area contributed by atoms with Gasteiger partial charge in [-0.3, -0.25) is 9.52 Å². The predicted molar refractivity (Wildman–Crippen MR) is 154 cm³/mol. The van der Waals surface area contributed by atoms with Crippen LogP contribution in [0.1, 0.15) is 55.1 Å². The number of anilines is 2. The Morgan fingerprint density at radius 3 is 2.30 bits per heavy atom. The van der Waals surface area contributed by atoms with Crippen LogP contribution in [-0.4, -0.2) is 74.1 Å².